The number of nitrogens with zero attached hydrogens (tertiary/aromatic N) is 4. The van der Waals surface area contributed by atoms with Crippen molar-refractivity contribution in [1.29, 1.82) is 0 Å². The maximum atomic E-state index is 4.70. The number of aryl methyl sites for hydroxylation is 4. The summed E-state index contributed by atoms with van der Waals surface area (Å²) in [4.78, 5) is 34.1. The Hall–Kier alpha value is -6.80. The first-order valence-electron chi connectivity index (χ1n) is 17.4. The molecule has 0 fully saturated rings. The third kappa shape index (κ3) is 5.24. The van der Waals surface area contributed by atoms with Gasteiger partial charge in [0.05, 0.1) is 0 Å². The third-order valence-corrected chi connectivity index (χ3v) is 10.0. The number of hydrogen-bond donors (Lipinski definition) is 4. The van der Waals surface area contributed by atoms with Gasteiger partial charge in [0.1, 0.15) is 0 Å². The lowest BCUT2D eigenvalue weighted by Crippen LogP contribution is -2.20. The fourth-order valence-corrected chi connectivity index (χ4v) is 7.48. The van der Waals surface area contributed by atoms with Crippen molar-refractivity contribution >= 4 is 22.3 Å². The fourth-order valence-electron chi connectivity index (χ4n) is 7.48. The van der Waals surface area contributed by atoms with Crippen molar-refractivity contribution in [3.05, 3.63) is 211 Å². The van der Waals surface area contributed by atoms with E-state index in [2.05, 4.69) is 120 Å². The van der Waals surface area contributed by atoms with E-state index in [9.17, 15) is 0 Å². The molecule has 9 rings (SSSR count). The monoisotopic (exact) mass is 676 g/mol. The normalized spacial score (nSPS) is 12.8. The Bertz CT molecular complexity index is 2520. The fraction of sp³-hybridized carbons (Fsp3) is 0.0909. The van der Waals surface area contributed by atoms with Gasteiger partial charge in [0.25, 0.3) is 0 Å². The SMILES string of the molecule is Cc1ncccc1C1=c2ccc([nH]2)=C(c2cccnc2C)c2ccc([nH]2)C(c2cccnc2C)=c2ccc([nH]2)=C(c2cccnc2C)c2ccc1[nH]2. The summed E-state index contributed by atoms with van der Waals surface area (Å²) in [6.45, 7) is 8.23. The molecule has 0 amide bonds. The predicted octanol–water partition coefficient (Wildman–Crippen LogP) is 5.12. The highest BCUT2D eigenvalue weighted by atomic mass is 14.8. The number of rotatable bonds is 4. The number of pyridine rings is 4. The van der Waals surface area contributed by atoms with Crippen molar-refractivity contribution < 1.29 is 0 Å². The minimum atomic E-state index is 0.940. The van der Waals surface area contributed by atoms with Crippen LogP contribution in [0.15, 0.2) is 122 Å². The highest BCUT2D eigenvalue weighted by molar-refractivity contribution is 5.85. The second-order valence-corrected chi connectivity index (χ2v) is 13.2. The maximum absolute atomic E-state index is 4.70. The molecule has 1 aliphatic rings. The first-order chi connectivity index (χ1) is 25.4. The topological polar surface area (TPSA) is 115 Å². The molecule has 8 aromatic rings. The summed E-state index contributed by atoms with van der Waals surface area (Å²) in [5.41, 5.74) is 15.9. The lowest BCUT2D eigenvalue weighted by Gasteiger charge is -2.12. The molecule has 252 valence electrons. The number of nitrogens with one attached hydrogen (secondary N) is 4. The molecule has 8 nitrogen and oxygen atoms in total. The van der Waals surface area contributed by atoms with Gasteiger partial charge in [0.2, 0.25) is 0 Å². The highest BCUT2D eigenvalue weighted by Gasteiger charge is 2.20. The van der Waals surface area contributed by atoms with Crippen molar-refractivity contribution in [3.8, 4) is 0 Å². The second-order valence-electron chi connectivity index (χ2n) is 13.2. The largest absolute Gasteiger partial charge is 0.354 e. The second kappa shape index (κ2) is 12.5. The van der Waals surface area contributed by atoms with Crippen LogP contribution in [-0.4, -0.2) is 39.9 Å². The Morgan fingerprint density at radius 1 is 0.308 bits per heavy atom. The van der Waals surface area contributed by atoms with Crippen molar-refractivity contribution in [2.24, 2.45) is 0 Å². The zero-order valence-electron chi connectivity index (χ0n) is 29.3. The molecule has 0 saturated carbocycles. The molecule has 0 atom stereocenters. The van der Waals surface area contributed by atoms with E-state index in [1.54, 1.807) is 0 Å². The first-order valence-corrected chi connectivity index (χ1v) is 17.4. The average molecular weight is 677 g/mol. The zero-order valence-corrected chi connectivity index (χ0v) is 29.3. The van der Waals surface area contributed by atoms with E-state index in [4.69, 9.17) is 19.9 Å². The number of aromatic nitrogens is 8. The summed E-state index contributed by atoms with van der Waals surface area (Å²) < 4.78 is 0. The van der Waals surface area contributed by atoms with Crippen LogP contribution in [0.3, 0.4) is 0 Å². The molecule has 4 N–H and O–H groups in total. The van der Waals surface area contributed by atoms with Gasteiger partial charge >= 0.3 is 0 Å². The van der Waals surface area contributed by atoms with Gasteiger partial charge in [-0.25, -0.2) is 0 Å². The molecule has 9 heterocycles. The predicted molar refractivity (Wildman–Crippen MR) is 204 cm³/mol. The average Bonchev–Trinajstić information content (AvgIpc) is 3.99. The smallest absolute Gasteiger partial charge is 0.0486 e. The van der Waals surface area contributed by atoms with Crippen LogP contribution in [0.4, 0.5) is 0 Å². The van der Waals surface area contributed by atoms with Gasteiger partial charge in [-0.15, -0.1) is 0 Å². The standard InChI is InChI=1S/C44H36N8/c1-25-29(9-5-21-45-25)41-33-13-15-35(49-33)42(30-10-6-22-46-26(30)2)37-17-19-39(51-37)44(32-12-8-24-48-28(32)4)40-20-18-38(52-40)43(36-16-14-34(41)50-36)31-11-7-23-47-27(31)3/h5-24,49-52H,1-4H3. The summed E-state index contributed by atoms with van der Waals surface area (Å²) in [7, 11) is 0. The molecule has 8 aromatic heterocycles. The minimum Gasteiger partial charge on any atom is -0.354 e. The van der Waals surface area contributed by atoms with Crippen LogP contribution in [0.25, 0.3) is 22.3 Å². The first kappa shape index (κ1) is 31.2. The van der Waals surface area contributed by atoms with Gasteiger partial charge in [-0.1, -0.05) is 24.3 Å². The number of aromatic amines is 4. The number of fused-ring (bicyclic) bond motifs is 8. The van der Waals surface area contributed by atoms with E-state index >= 15 is 0 Å². The van der Waals surface area contributed by atoms with E-state index in [1.165, 1.54) is 0 Å². The lowest BCUT2D eigenvalue weighted by molar-refractivity contribution is 1.13. The van der Waals surface area contributed by atoms with Gasteiger partial charge in [0.15, 0.2) is 0 Å². The highest BCUT2D eigenvalue weighted by Crippen LogP contribution is 2.29. The Balaban J connectivity index is 1.47. The van der Waals surface area contributed by atoms with Crippen LogP contribution in [-0.2, 0) is 0 Å². The van der Waals surface area contributed by atoms with Crippen LogP contribution in [0.5, 0.6) is 0 Å². The van der Waals surface area contributed by atoms with Crippen LogP contribution in [0.2, 0.25) is 0 Å². The molecular weight excluding hydrogens is 641 g/mol. The summed E-state index contributed by atoms with van der Waals surface area (Å²) in [5, 5.41) is 3.88. The molecule has 0 unspecified atom stereocenters. The lowest BCUT2D eigenvalue weighted by atomic mass is 10.0. The van der Waals surface area contributed by atoms with Gasteiger partial charge in [-0.2, -0.15) is 0 Å². The Morgan fingerprint density at radius 3 is 0.788 bits per heavy atom. The Morgan fingerprint density at radius 2 is 0.558 bits per heavy atom. The Kier molecular flexibility index (Phi) is 7.51. The molecule has 0 aromatic carbocycles. The van der Waals surface area contributed by atoms with Crippen molar-refractivity contribution in [1.82, 2.24) is 39.9 Å². The van der Waals surface area contributed by atoms with Crippen LogP contribution < -0.4 is 21.4 Å². The van der Waals surface area contributed by atoms with E-state index < -0.39 is 0 Å². The third-order valence-electron chi connectivity index (χ3n) is 10.0. The summed E-state index contributed by atoms with van der Waals surface area (Å²) in [6.07, 6.45) is 7.36. The number of H-pyrrole nitrogens is 4. The van der Waals surface area contributed by atoms with Crippen LogP contribution in [0.1, 0.15) is 67.8 Å². The molecule has 0 aliphatic carbocycles. The molecule has 1 aliphatic heterocycles. The molecule has 52 heavy (non-hydrogen) atoms. The molecule has 0 radical (unpaired) electrons. The van der Waals surface area contributed by atoms with E-state index in [0.717, 1.165) is 111 Å². The molecule has 8 heteroatoms. The Labute approximate surface area is 300 Å². The molecule has 0 saturated heterocycles. The van der Waals surface area contributed by atoms with Crippen molar-refractivity contribution in [3.63, 3.8) is 0 Å². The van der Waals surface area contributed by atoms with Crippen molar-refractivity contribution in [2.45, 2.75) is 27.7 Å². The van der Waals surface area contributed by atoms with Gasteiger partial charge < -0.3 is 19.9 Å². The molecular formula is C44H36N8. The maximum Gasteiger partial charge on any atom is 0.0486 e. The van der Waals surface area contributed by atoms with Crippen LogP contribution in [0, 0.1) is 27.7 Å². The van der Waals surface area contributed by atoms with Gasteiger partial charge in [-0.05, 0) is 100 Å². The zero-order chi connectivity index (χ0) is 35.3. The van der Waals surface area contributed by atoms with E-state index in [1.807, 2.05) is 49.1 Å². The minimum absolute atomic E-state index is 0.940. The number of hydrogen-bond acceptors (Lipinski definition) is 4. The summed E-state index contributed by atoms with van der Waals surface area (Å²) >= 11 is 0. The van der Waals surface area contributed by atoms with Gasteiger partial charge in [-0.3, -0.25) is 19.9 Å². The van der Waals surface area contributed by atoms with E-state index in [0.29, 0.717) is 0 Å². The molecule has 8 bridgehead atoms. The quantitative estimate of drug-likeness (QED) is 0.207. The molecule has 0 spiro atoms. The summed E-state index contributed by atoms with van der Waals surface area (Å²) in [5.74, 6) is 0. The van der Waals surface area contributed by atoms with Gasteiger partial charge in [0, 0.05) is 136 Å². The van der Waals surface area contributed by atoms with Crippen LogP contribution >= 0.6 is 0 Å². The summed E-state index contributed by atoms with van der Waals surface area (Å²) in [6, 6.07) is 33.8. The van der Waals surface area contributed by atoms with E-state index in [-0.39, 0.29) is 0 Å². The van der Waals surface area contributed by atoms with Crippen molar-refractivity contribution in [2.75, 3.05) is 0 Å².